The van der Waals surface area contributed by atoms with E-state index in [1.807, 2.05) is 0 Å². The average molecular weight is 349 g/mol. The summed E-state index contributed by atoms with van der Waals surface area (Å²) < 4.78 is 24.2. The van der Waals surface area contributed by atoms with Crippen LogP contribution in [-0.2, 0) is 23.9 Å². The maximum Gasteiger partial charge on any atom is 0.311 e. The van der Waals surface area contributed by atoms with Crippen molar-refractivity contribution in [2.24, 2.45) is 16.0 Å². The van der Waals surface area contributed by atoms with E-state index in [1.165, 1.54) is 7.11 Å². The maximum atomic E-state index is 14.2. The molecule has 24 heavy (non-hydrogen) atoms. The molecule has 0 aromatic rings. The molecule has 3 unspecified atom stereocenters. The number of carbonyl (C=O) groups excluding carboxylic acids is 2. The first-order chi connectivity index (χ1) is 10.8. The van der Waals surface area contributed by atoms with Crippen LogP contribution in [0.5, 0.6) is 0 Å². The molecule has 0 rings (SSSR count). The highest BCUT2D eigenvalue weighted by atomic mass is 19.1. The van der Waals surface area contributed by atoms with Gasteiger partial charge in [0.2, 0.25) is 0 Å². The van der Waals surface area contributed by atoms with E-state index in [1.54, 1.807) is 41.5 Å². The van der Waals surface area contributed by atoms with Crippen molar-refractivity contribution in [1.29, 1.82) is 0 Å². The van der Waals surface area contributed by atoms with Gasteiger partial charge in [0.1, 0.15) is 19.8 Å². The Hall–Kier alpha value is -1.70. The zero-order valence-electron chi connectivity index (χ0n) is 15.3. The SMILES string of the molecule is CON=CC(F)C(OC(=O)C(C)(C)C)C(O)COC(=O)C(C)(C)C. The monoisotopic (exact) mass is 349 g/mol. The van der Waals surface area contributed by atoms with Gasteiger partial charge in [-0.05, 0) is 41.5 Å². The van der Waals surface area contributed by atoms with Crippen LogP contribution in [-0.4, -0.2) is 55.4 Å². The van der Waals surface area contributed by atoms with E-state index < -0.39 is 47.8 Å². The molecule has 1 N–H and O–H groups in total. The van der Waals surface area contributed by atoms with Gasteiger partial charge in [-0.3, -0.25) is 9.59 Å². The number of hydrogen-bond acceptors (Lipinski definition) is 7. The van der Waals surface area contributed by atoms with Crippen LogP contribution in [0.1, 0.15) is 41.5 Å². The Bertz CT molecular complexity index is 452. The fourth-order valence-corrected chi connectivity index (χ4v) is 1.33. The lowest BCUT2D eigenvalue weighted by Crippen LogP contribution is -2.45. The normalized spacial score (nSPS) is 16.4. The summed E-state index contributed by atoms with van der Waals surface area (Å²) in [5.74, 6) is -1.27. The Morgan fingerprint density at radius 3 is 2.04 bits per heavy atom. The largest absolute Gasteiger partial charge is 0.462 e. The van der Waals surface area contributed by atoms with Crippen molar-refractivity contribution in [2.45, 2.75) is 59.9 Å². The number of esters is 2. The molecule has 0 spiro atoms. The van der Waals surface area contributed by atoms with E-state index in [0.717, 1.165) is 6.21 Å². The Morgan fingerprint density at radius 2 is 1.62 bits per heavy atom. The molecule has 0 saturated heterocycles. The van der Waals surface area contributed by atoms with Crippen LogP contribution >= 0.6 is 0 Å². The fourth-order valence-electron chi connectivity index (χ4n) is 1.33. The van der Waals surface area contributed by atoms with Crippen LogP contribution in [0.3, 0.4) is 0 Å². The smallest absolute Gasteiger partial charge is 0.311 e. The Balaban J connectivity index is 5.06. The molecule has 7 nitrogen and oxygen atoms in total. The van der Waals surface area contributed by atoms with Crippen molar-refractivity contribution in [3.8, 4) is 0 Å². The van der Waals surface area contributed by atoms with E-state index in [0.29, 0.717) is 0 Å². The molecular weight excluding hydrogens is 321 g/mol. The predicted octanol–water partition coefficient (Wildman–Crippen LogP) is 1.86. The molecule has 0 aliphatic heterocycles. The lowest BCUT2D eigenvalue weighted by Gasteiger charge is -2.28. The number of nitrogens with zero attached hydrogens (tertiary/aromatic N) is 1. The molecule has 0 aromatic carbocycles. The van der Waals surface area contributed by atoms with E-state index in [-0.39, 0.29) is 0 Å². The summed E-state index contributed by atoms with van der Waals surface area (Å²) in [7, 11) is 1.22. The van der Waals surface area contributed by atoms with E-state index in [9.17, 15) is 19.1 Å². The predicted molar refractivity (Wildman–Crippen MR) is 86.2 cm³/mol. The molecule has 140 valence electrons. The van der Waals surface area contributed by atoms with E-state index in [2.05, 4.69) is 9.99 Å². The zero-order chi connectivity index (χ0) is 19.1. The van der Waals surface area contributed by atoms with Crippen LogP contribution in [0, 0.1) is 10.8 Å². The molecule has 0 aliphatic rings. The van der Waals surface area contributed by atoms with Gasteiger partial charge in [-0.2, -0.15) is 0 Å². The van der Waals surface area contributed by atoms with E-state index in [4.69, 9.17) is 9.47 Å². The third-order valence-electron chi connectivity index (χ3n) is 2.85. The second-order valence-electron chi connectivity index (χ2n) is 7.42. The van der Waals surface area contributed by atoms with Crippen molar-refractivity contribution >= 4 is 18.2 Å². The summed E-state index contributed by atoms with van der Waals surface area (Å²) in [6.45, 7) is 9.18. The quantitative estimate of drug-likeness (QED) is 0.428. The molecule has 0 fully saturated rings. The Kier molecular flexibility index (Phi) is 8.32. The highest BCUT2D eigenvalue weighted by Gasteiger charge is 2.36. The second-order valence-corrected chi connectivity index (χ2v) is 7.42. The summed E-state index contributed by atoms with van der Waals surface area (Å²) in [6, 6.07) is 0. The first kappa shape index (κ1) is 22.3. The molecule has 0 saturated carbocycles. The highest BCUT2D eigenvalue weighted by molar-refractivity contribution is 5.76. The van der Waals surface area contributed by atoms with Crippen LogP contribution in [0.2, 0.25) is 0 Å². The molecular formula is C16H28FNO6. The lowest BCUT2D eigenvalue weighted by molar-refractivity contribution is -0.173. The second kappa shape index (κ2) is 8.96. The summed E-state index contributed by atoms with van der Waals surface area (Å²) in [6.07, 6.45) is -4.31. The van der Waals surface area contributed by atoms with Gasteiger partial charge in [-0.25, -0.2) is 4.39 Å². The summed E-state index contributed by atoms with van der Waals surface area (Å²) >= 11 is 0. The topological polar surface area (TPSA) is 94.4 Å². The number of aliphatic hydroxyl groups is 1. The number of oxime groups is 1. The van der Waals surface area contributed by atoms with Gasteiger partial charge in [-0.15, -0.1) is 0 Å². The maximum absolute atomic E-state index is 14.2. The first-order valence-electron chi connectivity index (χ1n) is 7.57. The number of carbonyl (C=O) groups is 2. The van der Waals surface area contributed by atoms with Crippen LogP contribution in [0.15, 0.2) is 5.16 Å². The van der Waals surface area contributed by atoms with Gasteiger partial charge in [0.05, 0.1) is 17.0 Å². The van der Waals surface area contributed by atoms with Gasteiger partial charge >= 0.3 is 11.9 Å². The number of halogens is 1. The number of alkyl halides is 1. The van der Waals surface area contributed by atoms with Crippen molar-refractivity contribution < 1.29 is 33.4 Å². The van der Waals surface area contributed by atoms with Gasteiger partial charge in [0, 0.05) is 0 Å². The van der Waals surface area contributed by atoms with Crippen LogP contribution < -0.4 is 0 Å². The number of aliphatic hydroxyl groups excluding tert-OH is 1. The molecule has 0 aliphatic carbocycles. The van der Waals surface area contributed by atoms with Crippen molar-refractivity contribution in [1.82, 2.24) is 0 Å². The summed E-state index contributed by atoms with van der Waals surface area (Å²) in [5.41, 5.74) is -1.66. The molecule has 8 heteroatoms. The standard InChI is InChI=1S/C16H28FNO6/c1-15(2,3)13(20)23-9-11(19)12(10(17)8-18-22-7)24-14(21)16(4,5)6/h8,10-12,19H,9H2,1-7H3. The van der Waals surface area contributed by atoms with Gasteiger partial charge in [0.15, 0.2) is 12.3 Å². The summed E-state index contributed by atoms with van der Waals surface area (Å²) in [5, 5.41) is 13.4. The zero-order valence-corrected chi connectivity index (χ0v) is 15.3. The van der Waals surface area contributed by atoms with Gasteiger partial charge < -0.3 is 19.4 Å². The number of rotatable bonds is 7. The third kappa shape index (κ3) is 7.72. The fraction of sp³-hybridized carbons (Fsp3) is 0.812. The van der Waals surface area contributed by atoms with Crippen molar-refractivity contribution in [3.05, 3.63) is 0 Å². The minimum Gasteiger partial charge on any atom is -0.462 e. The number of hydrogen-bond donors (Lipinski definition) is 1. The number of ether oxygens (including phenoxy) is 2. The lowest BCUT2D eigenvalue weighted by atomic mass is 9.97. The summed E-state index contributed by atoms with van der Waals surface area (Å²) in [4.78, 5) is 28.1. The van der Waals surface area contributed by atoms with Crippen molar-refractivity contribution in [3.63, 3.8) is 0 Å². The Labute approximate surface area is 142 Å². The average Bonchev–Trinajstić information content (AvgIpc) is 2.44. The Morgan fingerprint density at radius 1 is 1.12 bits per heavy atom. The van der Waals surface area contributed by atoms with Crippen molar-refractivity contribution in [2.75, 3.05) is 13.7 Å². The minimum absolute atomic E-state index is 0.514. The first-order valence-corrected chi connectivity index (χ1v) is 7.57. The highest BCUT2D eigenvalue weighted by Crippen LogP contribution is 2.20. The van der Waals surface area contributed by atoms with Gasteiger partial charge in [-0.1, -0.05) is 5.16 Å². The minimum atomic E-state index is -1.93. The molecule has 3 atom stereocenters. The molecule has 0 aromatic heterocycles. The van der Waals surface area contributed by atoms with E-state index >= 15 is 0 Å². The molecule has 0 radical (unpaired) electrons. The molecule has 0 bridgehead atoms. The third-order valence-corrected chi connectivity index (χ3v) is 2.85. The van der Waals surface area contributed by atoms with Gasteiger partial charge in [0.25, 0.3) is 0 Å². The molecule has 0 amide bonds. The van der Waals surface area contributed by atoms with Crippen LogP contribution in [0.4, 0.5) is 4.39 Å². The van der Waals surface area contributed by atoms with Crippen LogP contribution in [0.25, 0.3) is 0 Å². The molecule has 0 heterocycles.